The molecule has 0 atom stereocenters. The number of nitrogens with zero attached hydrogens (tertiary/aromatic N) is 5. The van der Waals surface area contributed by atoms with Gasteiger partial charge in [0.25, 0.3) is 0 Å². The second kappa shape index (κ2) is 9.47. The zero-order valence-electron chi connectivity index (χ0n) is 21.8. The number of hydrogen-bond acceptors (Lipinski definition) is 4. The largest absolute Gasteiger partial charge is 0.507 e. The fourth-order valence-electron chi connectivity index (χ4n) is 5.30. The maximum atomic E-state index is 15.1. The van der Waals surface area contributed by atoms with Gasteiger partial charge in [-0.25, -0.2) is 9.18 Å². The topological polar surface area (TPSA) is 67.7 Å². The minimum atomic E-state index is -0.480. The maximum absolute atomic E-state index is 15.1. The maximum Gasteiger partial charge on any atom is 0.332 e. The van der Waals surface area contributed by atoms with Gasteiger partial charge in [0.2, 0.25) is 0 Å². The summed E-state index contributed by atoms with van der Waals surface area (Å²) < 4.78 is 20.0. The molecule has 1 aliphatic heterocycles. The van der Waals surface area contributed by atoms with Crippen molar-refractivity contribution in [1.82, 2.24) is 13.7 Å². The third-order valence-corrected chi connectivity index (χ3v) is 7.65. The molecule has 2 aromatic heterocycles. The van der Waals surface area contributed by atoms with Crippen molar-refractivity contribution >= 4 is 33.9 Å². The normalized spacial score (nSPS) is 13.8. The fraction of sp³-hybridized carbons (Fsp3) is 0.200. The van der Waals surface area contributed by atoms with Gasteiger partial charge >= 0.3 is 5.69 Å². The number of aryl methyl sites for hydroxylation is 2. The van der Waals surface area contributed by atoms with Gasteiger partial charge in [-0.2, -0.15) is 0 Å². The second-order valence-corrected chi connectivity index (χ2v) is 10.4. The first-order valence-corrected chi connectivity index (χ1v) is 13.0. The summed E-state index contributed by atoms with van der Waals surface area (Å²) in [4.78, 5) is 19.2. The summed E-state index contributed by atoms with van der Waals surface area (Å²) >= 11 is 6.57. The molecule has 9 heteroatoms. The highest BCUT2D eigenvalue weighted by Gasteiger charge is 2.21. The number of halogens is 2. The van der Waals surface area contributed by atoms with Crippen LogP contribution in [0.5, 0.6) is 5.75 Å². The zero-order chi connectivity index (χ0) is 27.4. The number of hydrogen-bond donors (Lipinski definition) is 1. The van der Waals surface area contributed by atoms with Crippen LogP contribution in [0.4, 0.5) is 10.1 Å². The average Bonchev–Trinajstić information content (AvgIpc) is 3.46. The molecule has 1 aliphatic rings. The van der Waals surface area contributed by atoms with Gasteiger partial charge in [-0.1, -0.05) is 17.7 Å². The van der Waals surface area contributed by atoms with Gasteiger partial charge in [-0.3, -0.25) is 9.56 Å². The summed E-state index contributed by atoms with van der Waals surface area (Å²) in [6, 6.07) is 13.8. The van der Waals surface area contributed by atoms with Crippen molar-refractivity contribution in [3.8, 4) is 33.7 Å². The van der Waals surface area contributed by atoms with E-state index in [2.05, 4.69) is 16.0 Å². The molecule has 5 aromatic rings. The van der Waals surface area contributed by atoms with Crippen LogP contribution in [0.1, 0.15) is 6.92 Å². The first kappa shape index (κ1) is 25.0. The van der Waals surface area contributed by atoms with E-state index in [1.54, 1.807) is 37.6 Å². The van der Waals surface area contributed by atoms with Crippen LogP contribution in [-0.2, 0) is 14.1 Å². The minimum Gasteiger partial charge on any atom is -0.507 e. The molecule has 6 rings (SSSR count). The van der Waals surface area contributed by atoms with Crippen molar-refractivity contribution < 1.29 is 9.50 Å². The summed E-state index contributed by atoms with van der Waals surface area (Å²) in [5, 5.41) is 12.9. The molecular formula is C30H27ClFN5O2. The Morgan fingerprint density at radius 1 is 0.923 bits per heavy atom. The van der Waals surface area contributed by atoms with Crippen LogP contribution in [0.2, 0.25) is 5.02 Å². The van der Waals surface area contributed by atoms with E-state index in [-0.39, 0.29) is 11.4 Å². The molecule has 0 fully saturated rings. The second-order valence-electron chi connectivity index (χ2n) is 9.97. The average molecular weight is 544 g/mol. The monoisotopic (exact) mass is 543 g/mol. The smallest absolute Gasteiger partial charge is 0.332 e. The van der Waals surface area contributed by atoms with Crippen molar-refractivity contribution in [2.75, 3.05) is 24.5 Å². The molecule has 0 amide bonds. The van der Waals surface area contributed by atoms with Crippen molar-refractivity contribution in [2.45, 2.75) is 6.92 Å². The lowest BCUT2D eigenvalue weighted by Crippen LogP contribution is -2.35. The Morgan fingerprint density at radius 2 is 1.69 bits per heavy atom. The molecule has 3 aromatic carbocycles. The van der Waals surface area contributed by atoms with E-state index >= 15 is 4.39 Å². The lowest BCUT2D eigenvalue weighted by molar-refractivity contribution is 0.477. The Kier molecular flexibility index (Phi) is 6.07. The number of aromatic hydroxyl groups is 1. The van der Waals surface area contributed by atoms with Gasteiger partial charge in [0.1, 0.15) is 11.6 Å². The van der Waals surface area contributed by atoms with E-state index < -0.39 is 5.82 Å². The van der Waals surface area contributed by atoms with Crippen LogP contribution in [0, 0.1) is 5.82 Å². The van der Waals surface area contributed by atoms with Gasteiger partial charge in [-0.15, -0.1) is 0 Å². The Bertz CT molecular complexity index is 1850. The Balaban J connectivity index is 1.48. The molecule has 3 heterocycles. The van der Waals surface area contributed by atoms with Crippen molar-refractivity contribution in [3.05, 3.63) is 88.4 Å². The van der Waals surface area contributed by atoms with Crippen molar-refractivity contribution in [1.29, 1.82) is 0 Å². The number of imidazole rings is 1. The molecule has 0 spiro atoms. The third-order valence-electron chi connectivity index (χ3n) is 7.34. The number of benzene rings is 3. The number of phenols is 1. The number of aliphatic imine (C=N–C) groups is 1. The zero-order valence-corrected chi connectivity index (χ0v) is 22.6. The van der Waals surface area contributed by atoms with E-state index in [1.165, 1.54) is 21.3 Å². The Labute approximate surface area is 229 Å². The standard InChI is InChI=1S/C30H27ClFN5O2/c1-18-17-36(9-7-33-18)28-14-20(13-27-22(28)6-8-34(27)2)24-16-21(32)15-23(29(24)38)19-4-5-26(25(31)12-19)37-11-10-35(3)30(37)39/h4-6,8,10-16,38H,7,9,17H2,1-3H3. The summed E-state index contributed by atoms with van der Waals surface area (Å²) in [6.07, 6.45) is 5.28. The fourth-order valence-corrected chi connectivity index (χ4v) is 5.57. The Hall–Kier alpha value is -4.30. The molecule has 0 radical (unpaired) electrons. The molecule has 7 nitrogen and oxygen atoms in total. The number of rotatable bonds is 4. The quantitative estimate of drug-likeness (QED) is 0.312. The Morgan fingerprint density at radius 3 is 2.38 bits per heavy atom. The van der Waals surface area contributed by atoms with Gasteiger partial charge in [0.15, 0.2) is 0 Å². The van der Waals surface area contributed by atoms with Crippen molar-refractivity contribution in [2.24, 2.45) is 19.1 Å². The molecule has 0 unspecified atom stereocenters. The highest BCUT2D eigenvalue weighted by atomic mass is 35.5. The van der Waals surface area contributed by atoms with Crippen LogP contribution in [-0.4, -0.2) is 44.2 Å². The number of fused-ring (bicyclic) bond motifs is 1. The minimum absolute atomic E-state index is 0.0482. The van der Waals surface area contributed by atoms with Crippen LogP contribution in [0.15, 0.2) is 76.9 Å². The number of anilines is 1. The first-order valence-electron chi connectivity index (χ1n) is 12.6. The molecule has 198 valence electrons. The van der Waals surface area contributed by atoms with Gasteiger partial charge in [0, 0.05) is 67.1 Å². The lowest BCUT2D eigenvalue weighted by Gasteiger charge is -2.29. The van der Waals surface area contributed by atoms with E-state index in [0.29, 0.717) is 46.1 Å². The van der Waals surface area contributed by atoms with Gasteiger partial charge < -0.3 is 19.1 Å². The van der Waals surface area contributed by atoms with E-state index in [9.17, 15) is 9.90 Å². The predicted molar refractivity (Wildman–Crippen MR) is 155 cm³/mol. The molecule has 39 heavy (non-hydrogen) atoms. The van der Waals surface area contributed by atoms with Gasteiger partial charge in [-0.05, 0) is 60.5 Å². The summed E-state index contributed by atoms with van der Waals surface area (Å²) in [6.45, 7) is 4.22. The molecule has 1 N–H and O–H groups in total. The van der Waals surface area contributed by atoms with E-state index in [4.69, 9.17) is 11.6 Å². The highest BCUT2D eigenvalue weighted by molar-refractivity contribution is 6.32. The van der Waals surface area contributed by atoms with Crippen LogP contribution in [0.3, 0.4) is 0 Å². The summed E-state index contributed by atoms with van der Waals surface area (Å²) in [5.41, 5.74) is 5.26. The molecular weight excluding hydrogens is 517 g/mol. The van der Waals surface area contributed by atoms with E-state index in [0.717, 1.165) is 28.8 Å². The SMILES string of the molecule is CC1=NCCN(c2cc(-c3cc(F)cc(-c4ccc(-n5ccn(C)c5=O)c(Cl)c4)c3O)cc3c2ccn3C)C1. The summed E-state index contributed by atoms with van der Waals surface area (Å²) in [7, 11) is 3.63. The number of aromatic nitrogens is 3. The molecule has 0 bridgehead atoms. The molecule has 0 saturated heterocycles. The molecule has 0 aliphatic carbocycles. The highest BCUT2D eigenvalue weighted by Crippen LogP contribution is 2.43. The number of phenolic OH excluding ortho intramolecular Hbond substituents is 1. The van der Waals surface area contributed by atoms with Gasteiger partial charge in [0.05, 0.1) is 29.3 Å². The van der Waals surface area contributed by atoms with Crippen LogP contribution >= 0.6 is 11.6 Å². The molecule has 0 saturated carbocycles. The lowest BCUT2D eigenvalue weighted by atomic mass is 9.95. The van der Waals surface area contributed by atoms with Crippen LogP contribution in [0.25, 0.3) is 38.8 Å². The van der Waals surface area contributed by atoms with E-state index in [1.807, 2.05) is 36.9 Å². The summed E-state index contributed by atoms with van der Waals surface area (Å²) in [5.74, 6) is -0.528. The third kappa shape index (κ3) is 4.30. The first-order chi connectivity index (χ1) is 18.7. The van der Waals surface area contributed by atoms with Crippen LogP contribution < -0.4 is 10.6 Å². The predicted octanol–water partition coefficient (Wildman–Crippen LogP) is 5.78. The van der Waals surface area contributed by atoms with Crippen molar-refractivity contribution in [3.63, 3.8) is 0 Å².